The van der Waals surface area contributed by atoms with Crippen molar-refractivity contribution in [2.75, 3.05) is 47.0 Å². The maximum absolute atomic E-state index is 14.8. The number of nitrogens with zero attached hydrogens (tertiary/aromatic N) is 2. The van der Waals surface area contributed by atoms with Crippen LogP contribution < -0.4 is 29.0 Å². The number of hydrogen-bond donors (Lipinski definition) is 3. The van der Waals surface area contributed by atoms with Crippen molar-refractivity contribution in [3.63, 3.8) is 0 Å². The molecule has 1 amide bonds. The number of hydrogen-bond acceptors (Lipinski definition) is 15. The summed E-state index contributed by atoms with van der Waals surface area (Å²) < 4.78 is 42.4. The average molecular weight is 790 g/mol. The van der Waals surface area contributed by atoms with E-state index < -0.39 is 53.1 Å². The SMILES string of the molecule is COc1cc2c(cc1O)CCN[C@]21CSC2c3c(OC(C)=O)c(C)c4c(c3C(COC1=O)N1C2C2c3c(cc(C)c(OC)c3O)CC([C@@H]1OC)N2C=O)OCO4. The Balaban J connectivity index is 1.34. The molecule has 15 nitrogen and oxygen atoms in total. The minimum absolute atomic E-state index is 0.0388. The number of carbonyl (C=O) groups excluding carboxylic acids is 3. The predicted octanol–water partition coefficient (Wildman–Crippen LogP) is 3.59. The van der Waals surface area contributed by atoms with Gasteiger partial charge in [-0.15, -0.1) is 11.8 Å². The van der Waals surface area contributed by atoms with Gasteiger partial charge in [-0.05, 0) is 61.1 Å². The summed E-state index contributed by atoms with van der Waals surface area (Å²) in [6, 6.07) is 2.60. The zero-order chi connectivity index (χ0) is 39.4. The number of phenolic OH excluding ortho intramolecular Hbond substituents is 2. The largest absolute Gasteiger partial charge is 0.504 e. The number of ether oxygens (including phenoxy) is 7. The maximum Gasteiger partial charge on any atom is 0.331 e. The number of aromatic hydroxyl groups is 2. The number of esters is 2. The van der Waals surface area contributed by atoms with Gasteiger partial charge in [0.2, 0.25) is 13.2 Å². The Bertz CT molecular complexity index is 2200. The predicted molar refractivity (Wildman–Crippen MR) is 200 cm³/mol. The molecule has 3 aromatic rings. The third-order valence-corrected chi connectivity index (χ3v) is 13.8. The van der Waals surface area contributed by atoms with Crippen LogP contribution in [0, 0.1) is 13.8 Å². The van der Waals surface area contributed by atoms with Crippen LogP contribution in [-0.4, -0.2) is 104 Å². The van der Waals surface area contributed by atoms with Gasteiger partial charge in [0.05, 0.1) is 43.6 Å². The zero-order valence-corrected chi connectivity index (χ0v) is 32.6. The van der Waals surface area contributed by atoms with Crippen LogP contribution >= 0.6 is 11.8 Å². The fourth-order valence-electron chi connectivity index (χ4n) is 10.2. The number of rotatable bonds is 5. The summed E-state index contributed by atoms with van der Waals surface area (Å²) in [5, 5.41) is 25.6. The van der Waals surface area contributed by atoms with Crippen molar-refractivity contribution in [2.24, 2.45) is 0 Å². The molecule has 16 heteroatoms. The summed E-state index contributed by atoms with van der Waals surface area (Å²) in [6.45, 7) is 5.16. The van der Waals surface area contributed by atoms with Crippen LogP contribution in [0.1, 0.15) is 68.8 Å². The van der Waals surface area contributed by atoms with E-state index in [4.69, 9.17) is 33.2 Å². The monoisotopic (exact) mass is 789 g/mol. The fraction of sp³-hybridized carbons (Fsp3) is 0.475. The molecule has 0 aromatic heterocycles. The molecule has 5 unspecified atom stereocenters. The molecule has 3 N–H and O–H groups in total. The van der Waals surface area contributed by atoms with Gasteiger partial charge in [0.1, 0.15) is 18.6 Å². The molecule has 10 rings (SSSR count). The van der Waals surface area contributed by atoms with E-state index in [9.17, 15) is 24.6 Å². The molecule has 2 fully saturated rings. The molecule has 3 aromatic carbocycles. The number of fused-ring (bicyclic) bond motifs is 9. The fourth-order valence-corrected chi connectivity index (χ4v) is 11.9. The van der Waals surface area contributed by atoms with Crippen molar-refractivity contribution in [3.8, 4) is 40.2 Å². The highest BCUT2D eigenvalue weighted by Gasteiger charge is 2.62. The van der Waals surface area contributed by atoms with E-state index in [1.54, 1.807) is 24.1 Å². The Labute approximate surface area is 327 Å². The van der Waals surface area contributed by atoms with Gasteiger partial charge < -0.3 is 48.3 Å². The molecule has 0 saturated carbocycles. The first-order chi connectivity index (χ1) is 27.0. The Morgan fingerprint density at radius 3 is 2.52 bits per heavy atom. The Morgan fingerprint density at radius 2 is 1.80 bits per heavy atom. The van der Waals surface area contributed by atoms with Crippen LogP contribution in [0.2, 0.25) is 0 Å². The third-order valence-electron chi connectivity index (χ3n) is 12.3. The molecule has 7 atom stereocenters. The van der Waals surface area contributed by atoms with Crippen LogP contribution in [0.25, 0.3) is 0 Å². The molecule has 7 heterocycles. The Morgan fingerprint density at radius 1 is 1.02 bits per heavy atom. The number of methoxy groups -OCH3 is 3. The molecule has 0 aliphatic carbocycles. The van der Waals surface area contributed by atoms with Crippen molar-refractivity contribution in [1.29, 1.82) is 0 Å². The summed E-state index contributed by atoms with van der Waals surface area (Å²) in [6.07, 6.45) is 0.999. The number of piperazine rings is 1. The van der Waals surface area contributed by atoms with E-state index in [-0.39, 0.29) is 36.4 Å². The van der Waals surface area contributed by atoms with Crippen molar-refractivity contribution in [2.45, 2.75) is 74.8 Å². The highest BCUT2D eigenvalue weighted by molar-refractivity contribution is 7.99. The maximum atomic E-state index is 14.8. The van der Waals surface area contributed by atoms with Gasteiger partial charge in [-0.1, -0.05) is 6.07 Å². The van der Waals surface area contributed by atoms with Gasteiger partial charge in [-0.2, -0.15) is 0 Å². The number of phenols is 2. The number of nitrogens with one attached hydrogen (secondary N) is 1. The minimum Gasteiger partial charge on any atom is -0.504 e. The minimum atomic E-state index is -1.40. The smallest absolute Gasteiger partial charge is 0.331 e. The molecule has 7 aliphatic heterocycles. The molecular formula is C40H43N3O12S. The highest BCUT2D eigenvalue weighted by atomic mass is 32.2. The number of aryl methyl sites for hydroxylation is 1. The molecule has 1 spiro atoms. The molecular weight excluding hydrogens is 747 g/mol. The van der Waals surface area contributed by atoms with Crippen molar-refractivity contribution in [1.82, 2.24) is 15.1 Å². The summed E-state index contributed by atoms with van der Waals surface area (Å²) in [5.74, 6) is 0.614. The van der Waals surface area contributed by atoms with E-state index in [0.717, 1.165) is 23.1 Å². The van der Waals surface area contributed by atoms with Crippen LogP contribution in [0.5, 0.6) is 40.2 Å². The molecule has 296 valence electrons. The second-order valence-electron chi connectivity index (χ2n) is 15.0. The lowest BCUT2D eigenvalue weighted by molar-refractivity contribution is -0.199. The normalized spacial score (nSPS) is 28.4. The molecule has 4 bridgehead atoms. The molecule has 2 saturated heterocycles. The molecule has 7 aliphatic rings. The van der Waals surface area contributed by atoms with Gasteiger partial charge in [0, 0.05) is 48.6 Å². The quantitative estimate of drug-likeness (QED) is 0.194. The topological polar surface area (TPSA) is 175 Å². The van der Waals surface area contributed by atoms with Crippen molar-refractivity contribution in [3.05, 3.63) is 62.7 Å². The first kappa shape index (κ1) is 36.7. The number of amides is 1. The molecule has 0 radical (unpaired) electrons. The lowest BCUT2D eigenvalue weighted by Gasteiger charge is -2.62. The Hall–Kier alpha value is -4.90. The average Bonchev–Trinajstić information content (AvgIpc) is 3.67. The second-order valence-corrected chi connectivity index (χ2v) is 16.2. The van der Waals surface area contributed by atoms with E-state index in [1.807, 2.05) is 19.9 Å². The van der Waals surface area contributed by atoms with Crippen molar-refractivity contribution >= 4 is 30.1 Å². The summed E-state index contributed by atoms with van der Waals surface area (Å²) in [5.41, 5.74) is 3.95. The van der Waals surface area contributed by atoms with Crippen LogP contribution in [-0.2, 0) is 42.2 Å². The van der Waals surface area contributed by atoms with E-state index in [1.165, 1.54) is 32.9 Å². The zero-order valence-electron chi connectivity index (χ0n) is 31.8. The van der Waals surface area contributed by atoms with Crippen LogP contribution in [0.4, 0.5) is 0 Å². The summed E-state index contributed by atoms with van der Waals surface area (Å²) in [4.78, 5) is 45.0. The standard InChI is InChI=1S/C40H43N3O12S/c1-17-9-21-10-23-38(51-6)43-24-13-52-39(48)40(22-12-26(49-4)25(46)11-20(22)7-8-41-40)14-56-37(31(43)30(42(23)15-44)27(21)32(47)33(17)50-5)29-28(24)36-35(53-16-54-36)18(2)34(29)55-19(3)45/h9,11-12,15,23-24,30-31,37-38,41,46-47H,7-8,10,13-14,16H2,1-6H3/t23?,24?,30?,31?,37?,38-,40+/m0/s1. The number of thioether (sulfide) groups is 1. The summed E-state index contributed by atoms with van der Waals surface area (Å²) in [7, 11) is 4.54. The van der Waals surface area contributed by atoms with E-state index in [2.05, 4.69) is 10.2 Å². The number of benzene rings is 3. The van der Waals surface area contributed by atoms with Gasteiger partial charge in [-0.3, -0.25) is 19.8 Å². The second kappa shape index (κ2) is 13.4. The Kier molecular flexibility index (Phi) is 8.76. The van der Waals surface area contributed by atoms with Crippen LogP contribution in [0.3, 0.4) is 0 Å². The lowest BCUT2D eigenvalue weighted by atomic mass is 9.73. The number of carbonyl (C=O) groups is 3. The van der Waals surface area contributed by atoms with Crippen molar-refractivity contribution < 1.29 is 57.8 Å². The van der Waals surface area contributed by atoms with E-state index >= 15 is 0 Å². The van der Waals surface area contributed by atoms with Gasteiger partial charge in [0.25, 0.3) is 0 Å². The van der Waals surface area contributed by atoms with E-state index in [0.29, 0.717) is 70.2 Å². The van der Waals surface area contributed by atoms with Gasteiger partial charge in [0.15, 0.2) is 40.0 Å². The highest BCUT2D eigenvalue weighted by Crippen LogP contribution is 2.64. The first-order valence-corrected chi connectivity index (χ1v) is 19.5. The van der Waals surface area contributed by atoms with Crippen LogP contribution in [0.15, 0.2) is 18.2 Å². The molecule has 56 heavy (non-hydrogen) atoms. The third kappa shape index (κ3) is 4.98. The van der Waals surface area contributed by atoms with Gasteiger partial charge >= 0.3 is 11.9 Å². The van der Waals surface area contributed by atoms with Gasteiger partial charge in [-0.25, -0.2) is 4.79 Å². The summed E-state index contributed by atoms with van der Waals surface area (Å²) >= 11 is 1.43. The lowest BCUT2D eigenvalue weighted by Crippen LogP contribution is -2.70. The first-order valence-electron chi connectivity index (χ1n) is 18.5.